The molecule has 1 fully saturated rings. The van der Waals surface area contributed by atoms with Crippen molar-refractivity contribution in [2.75, 3.05) is 19.0 Å². The van der Waals surface area contributed by atoms with Crippen LogP contribution >= 0.6 is 0 Å². The van der Waals surface area contributed by atoms with Crippen molar-refractivity contribution in [2.45, 2.75) is 31.9 Å². The summed E-state index contributed by atoms with van der Waals surface area (Å²) in [4.78, 5) is 10.5. The monoisotopic (exact) mass is 239 g/mol. The number of anilines is 1. The van der Waals surface area contributed by atoms with Gasteiger partial charge in [-0.05, 0) is 19.8 Å². The van der Waals surface area contributed by atoms with Gasteiger partial charge in [0.05, 0.1) is 18.8 Å². The Morgan fingerprint density at radius 2 is 2.47 bits per heavy atom. The predicted octanol–water partition coefficient (Wildman–Crippen LogP) is 1.20. The molecule has 2 rings (SSSR count). The molecule has 6 nitrogen and oxygen atoms in total. The van der Waals surface area contributed by atoms with Gasteiger partial charge in [0.15, 0.2) is 0 Å². The first-order chi connectivity index (χ1) is 8.24. The van der Waals surface area contributed by atoms with Crippen LogP contribution in [0.5, 0.6) is 5.88 Å². The van der Waals surface area contributed by atoms with Gasteiger partial charge in [0.2, 0.25) is 6.41 Å². The second-order valence-electron chi connectivity index (χ2n) is 4.21. The number of aromatic nitrogens is 2. The fourth-order valence-electron chi connectivity index (χ4n) is 1.51. The molecule has 1 aliphatic rings. The molecule has 1 atom stereocenters. The van der Waals surface area contributed by atoms with Gasteiger partial charge in [-0.2, -0.15) is 0 Å². The van der Waals surface area contributed by atoms with E-state index >= 15 is 0 Å². The Bertz CT molecular complexity index is 387. The first kappa shape index (κ1) is 11.9. The number of nitrogens with zero attached hydrogens (tertiary/aromatic N) is 2. The maximum Gasteiger partial charge on any atom is 0.257 e. The second kappa shape index (κ2) is 5.18. The summed E-state index contributed by atoms with van der Waals surface area (Å²) in [6.07, 6.45) is 4.75. The first-order valence-corrected chi connectivity index (χ1v) is 5.69. The third-order valence-corrected chi connectivity index (χ3v) is 2.57. The Hall–Kier alpha value is -1.56. The number of hydrogen-bond donors (Lipinski definition) is 1. The van der Waals surface area contributed by atoms with Crippen molar-refractivity contribution in [3.05, 3.63) is 6.20 Å². The number of carbonyl (C=O) groups is 1. The average molecular weight is 239 g/mol. The Balaban J connectivity index is 2.13. The van der Waals surface area contributed by atoms with Crippen molar-refractivity contribution in [1.29, 1.82) is 0 Å². The highest BCUT2D eigenvalue weighted by atomic mass is 16.5. The highest BCUT2D eigenvalue weighted by Crippen LogP contribution is 2.31. The summed E-state index contributed by atoms with van der Waals surface area (Å²) < 4.78 is 12.4. The van der Waals surface area contributed by atoms with Crippen LogP contribution in [0.2, 0.25) is 0 Å². The van der Waals surface area contributed by atoms with Gasteiger partial charge in [0.1, 0.15) is 11.8 Å². The van der Waals surface area contributed by atoms with Gasteiger partial charge < -0.3 is 14.8 Å². The molecule has 0 spiro atoms. The van der Waals surface area contributed by atoms with Gasteiger partial charge in [0, 0.05) is 7.11 Å². The molecule has 0 aliphatic heterocycles. The van der Waals surface area contributed by atoms with Gasteiger partial charge >= 0.3 is 0 Å². The molecule has 17 heavy (non-hydrogen) atoms. The minimum Gasteiger partial charge on any atom is -0.472 e. The molecule has 1 aromatic rings. The lowest BCUT2D eigenvalue weighted by Gasteiger charge is -2.09. The van der Waals surface area contributed by atoms with Crippen LogP contribution in [0.1, 0.15) is 25.8 Å². The normalized spacial score (nSPS) is 16.6. The topological polar surface area (TPSA) is 65.4 Å². The Morgan fingerprint density at radius 3 is 3.06 bits per heavy atom. The number of rotatable bonds is 7. The molecule has 1 N–H and O–H groups in total. The average Bonchev–Trinajstić information content (AvgIpc) is 3.02. The molecule has 1 unspecified atom stereocenters. The standard InChI is InChI=1S/C11H17N3O3/c1-8(6-16-2)14-5-10(12-7-15)11(13-14)17-9-3-4-9/h5,7-9H,3-4,6H2,1-2H3,(H,12,15). The Morgan fingerprint density at radius 1 is 1.71 bits per heavy atom. The molecule has 0 radical (unpaired) electrons. The molecule has 0 aromatic carbocycles. The Kier molecular flexibility index (Phi) is 3.63. The van der Waals surface area contributed by atoms with Crippen molar-refractivity contribution in [1.82, 2.24) is 9.78 Å². The van der Waals surface area contributed by atoms with Crippen LogP contribution in [-0.2, 0) is 9.53 Å². The number of amides is 1. The molecular weight excluding hydrogens is 222 g/mol. The van der Waals surface area contributed by atoms with Crippen LogP contribution in [-0.4, -0.2) is 36.0 Å². The SMILES string of the molecule is COCC(C)n1cc(NC=O)c(OC2CC2)n1. The molecule has 0 saturated heterocycles. The maximum absolute atomic E-state index is 10.5. The van der Waals surface area contributed by atoms with E-state index in [0.29, 0.717) is 24.6 Å². The van der Waals surface area contributed by atoms with Gasteiger partial charge in [-0.25, -0.2) is 0 Å². The number of nitrogens with one attached hydrogen (secondary N) is 1. The van der Waals surface area contributed by atoms with Crippen LogP contribution in [0.25, 0.3) is 0 Å². The van der Waals surface area contributed by atoms with E-state index in [9.17, 15) is 4.79 Å². The molecule has 6 heteroatoms. The quantitative estimate of drug-likeness (QED) is 0.726. The highest BCUT2D eigenvalue weighted by molar-refractivity contribution is 5.73. The summed E-state index contributed by atoms with van der Waals surface area (Å²) in [5.41, 5.74) is 0.606. The molecule has 1 amide bonds. The minimum atomic E-state index is 0.101. The molecule has 1 heterocycles. The molecule has 1 aliphatic carbocycles. The van der Waals surface area contributed by atoms with Crippen LogP contribution < -0.4 is 10.1 Å². The van der Waals surface area contributed by atoms with E-state index in [0.717, 1.165) is 12.8 Å². The van der Waals surface area contributed by atoms with Gasteiger partial charge in [-0.1, -0.05) is 0 Å². The third-order valence-electron chi connectivity index (χ3n) is 2.57. The summed E-state index contributed by atoms with van der Waals surface area (Å²) >= 11 is 0. The molecular formula is C11H17N3O3. The van der Waals surface area contributed by atoms with E-state index in [1.807, 2.05) is 6.92 Å². The summed E-state index contributed by atoms with van der Waals surface area (Å²) in [7, 11) is 1.65. The zero-order valence-electron chi connectivity index (χ0n) is 10.0. The second-order valence-corrected chi connectivity index (χ2v) is 4.21. The lowest BCUT2D eigenvalue weighted by Crippen LogP contribution is -2.11. The predicted molar refractivity (Wildman–Crippen MR) is 62.2 cm³/mol. The summed E-state index contributed by atoms with van der Waals surface area (Å²) in [6.45, 7) is 2.55. The van der Waals surface area contributed by atoms with Crippen molar-refractivity contribution in [3.8, 4) is 5.88 Å². The lowest BCUT2D eigenvalue weighted by molar-refractivity contribution is -0.105. The number of hydrogen-bond acceptors (Lipinski definition) is 4. The highest BCUT2D eigenvalue weighted by Gasteiger charge is 2.26. The summed E-state index contributed by atoms with van der Waals surface area (Å²) in [5, 5.41) is 6.92. The number of methoxy groups -OCH3 is 1. The minimum absolute atomic E-state index is 0.101. The fraction of sp³-hybridized carbons (Fsp3) is 0.636. The van der Waals surface area contributed by atoms with E-state index < -0.39 is 0 Å². The Labute approximate surface area is 99.9 Å². The van der Waals surface area contributed by atoms with E-state index in [-0.39, 0.29) is 12.1 Å². The number of carbonyl (C=O) groups excluding carboxylic acids is 1. The van der Waals surface area contributed by atoms with Crippen molar-refractivity contribution in [3.63, 3.8) is 0 Å². The fourth-order valence-corrected chi connectivity index (χ4v) is 1.51. The smallest absolute Gasteiger partial charge is 0.257 e. The van der Waals surface area contributed by atoms with Gasteiger partial charge in [-0.15, -0.1) is 5.10 Å². The lowest BCUT2D eigenvalue weighted by atomic mass is 10.4. The van der Waals surface area contributed by atoms with E-state index in [4.69, 9.17) is 9.47 Å². The maximum atomic E-state index is 10.5. The van der Waals surface area contributed by atoms with E-state index in [1.165, 1.54) is 0 Å². The largest absolute Gasteiger partial charge is 0.472 e. The van der Waals surface area contributed by atoms with Crippen molar-refractivity contribution >= 4 is 12.1 Å². The zero-order valence-corrected chi connectivity index (χ0v) is 10.0. The first-order valence-electron chi connectivity index (χ1n) is 5.69. The van der Waals surface area contributed by atoms with Gasteiger partial charge in [0.25, 0.3) is 5.88 Å². The van der Waals surface area contributed by atoms with E-state index in [1.54, 1.807) is 18.0 Å². The van der Waals surface area contributed by atoms with Crippen LogP contribution in [0.4, 0.5) is 5.69 Å². The van der Waals surface area contributed by atoms with Gasteiger partial charge in [-0.3, -0.25) is 9.48 Å². The summed E-state index contributed by atoms with van der Waals surface area (Å²) in [6, 6.07) is 0.101. The van der Waals surface area contributed by atoms with Crippen molar-refractivity contribution in [2.24, 2.45) is 0 Å². The van der Waals surface area contributed by atoms with E-state index in [2.05, 4.69) is 10.4 Å². The zero-order chi connectivity index (χ0) is 12.3. The van der Waals surface area contributed by atoms with Crippen LogP contribution in [0, 0.1) is 0 Å². The number of ether oxygens (including phenoxy) is 2. The third kappa shape index (κ3) is 2.97. The molecule has 1 aromatic heterocycles. The molecule has 94 valence electrons. The van der Waals surface area contributed by atoms with Crippen LogP contribution in [0.3, 0.4) is 0 Å². The summed E-state index contributed by atoms with van der Waals surface area (Å²) in [5.74, 6) is 0.488. The molecule has 0 bridgehead atoms. The molecule has 1 saturated carbocycles. The van der Waals surface area contributed by atoms with Crippen molar-refractivity contribution < 1.29 is 14.3 Å². The van der Waals surface area contributed by atoms with Crippen LogP contribution in [0.15, 0.2) is 6.20 Å².